The molecule has 64 heavy (non-hydrogen) atoms. The molecular weight excluding hydrogens is 777 g/mol. The highest BCUT2D eigenvalue weighted by Crippen LogP contribution is 2.52. The number of rotatable bonds is 7. The van der Waals surface area contributed by atoms with Crippen LogP contribution >= 0.6 is 0 Å². The first-order valence-corrected chi connectivity index (χ1v) is 22.6. The Kier molecular flexibility index (Phi) is 8.65. The Balaban J connectivity index is 1.24. The molecule has 0 spiro atoms. The molecule has 0 bridgehead atoms. The van der Waals surface area contributed by atoms with Crippen LogP contribution in [0.3, 0.4) is 0 Å². The van der Waals surface area contributed by atoms with E-state index in [1.54, 1.807) is 0 Å². The zero-order chi connectivity index (χ0) is 43.3. The molecule has 8 aromatic carbocycles. The second-order valence-corrected chi connectivity index (χ2v) is 19.2. The van der Waals surface area contributed by atoms with E-state index in [1.807, 2.05) is 0 Å². The Labute approximate surface area is 376 Å². The summed E-state index contributed by atoms with van der Waals surface area (Å²) < 4.78 is 9.33. The van der Waals surface area contributed by atoms with E-state index < -0.39 is 0 Å². The second-order valence-electron chi connectivity index (χ2n) is 19.2. The Morgan fingerprint density at radius 2 is 1.25 bits per heavy atom. The third-order valence-corrected chi connectivity index (χ3v) is 14.1. The predicted octanol–water partition coefficient (Wildman–Crippen LogP) is 14.7. The number of fused-ring (bicyclic) bond motifs is 7. The van der Waals surface area contributed by atoms with Gasteiger partial charge in [0.05, 0.1) is 16.7 Å². The Morgan fingerprint density at radius 1 is 0.625 bits per heavy atom. The average Bonchev–Trinajstić information content (AvgIpc) is 3.89. The number of nitrogens with zero attached hydrogens (tertiary/aromatic N) is 2. The molecule has 0 saturated carbocycles. The molecule has 309 valence electrons. The molecule has 0 amide bonds. The highest BCUT2D eigenvalue weighted by molar-refractivity contribution is 6.74. The van der Waals surface area contributed by atoms with E-state index in [9.17, 15) is 0 Å². The summed E-state index contributed by atoms with van der Waals surface area (Å²) >= 11 is 0. The van der Waals surface area contributed by atoms with Gasteiger partial charge in [0.1, 0.15) is 11.3 Å². The largest absolute Gasteiger partial charge is 0.456 e. The maximum Gasteiger partial charge on any atom is 0.197 e. The van der Waals surface area contributed by atoms with E-state index >= 15 is 0 Å². The Hall–Kier alpha value is -7.24. The number of nitrogens with one attached hydrogen (secondary N) is 1. The van der Waals surface area contributed by atoms with Gasteiger partial charge in [0.15, 0.2) is 7.28 Å². The van der Waals surface area contributed by atoms with Gasteiger partial charge in [-0.15, -0.1) is 0 Å². The minimum Gasteiger partial charge on any atom is -0.456 e. The van der Waals surface area contributed by atoms with Crippen LogP contribution in [0.1, 0.15) is 57.2 Å². The summed E-state index contributed by atoms with van der Waals surface area (Å²) in [5, 5.41) is 7.42. The van der Waals surface area contributed by atoms with E-state index in [-0.39, 0.29) is 10.8 Å². The van der Waals surface area contributed by atoms with E-state index in [0.29, 0.717) is 0 Å². The van der Waals surface area contributed by atoms with Crippen molar-refractivity contribution in [3.05, 3.63) is 193 Å². The fourth-order valence-electron chi connectivity index (χ4n) is 10.6. The van der Waals surface area contributed by atoms with Crippen LogP contribution in [0.5, 0.6) is 0 Å². The molecule has 1 aliphatic carbocycles. The van der Waals surface area contributed by atoms with E-state index in [1.165, 1.54) is 44.0 Å². The molecular formula is C59H49BN3O. The molecule has 0 unspecified atom stereocenters. The van der Waals surface area contributed by atoms with Gasteiger partial charge in [0.2, 0.25) is 0 Å². The molecule has 3 heterocycles. The van der Waals surface area contributed by atoms with Crippen LogP contribution in [0, 0.1) is 6.92 Å². The number of para-hydroxylation sites is 3. The lowest BCUT2D eigenvalue weighted by Crippen LogP contribution is -2.37. The molecule has 12 rings (SSSR count). The summed E-state index contributed by atoms with van der Waals surface area (Å²) in [4.78, 5) is 2.47. The van der Waals surface area contributed by atoms with Gasteiger partial charge >= 0.3 is 0 Å². The summed E-state index contributed by atoms with van der Waals surface area (Å²) in [6.45, 7) is 11.9. The van der Waals surface area contributed by atoms with Crippen molar-refractivity contribution >= 4 is 79.4 Å². The second kappa shape index (κ2) is 14.4. The van der Waals surface area contributed by atoms with Crippen molar-refractivity contribution in [2.75, 3.05) is 10.2 Å². The van der Waals surface area contributed by atoms with Crippen molar-refractivity contribution < 1.29 is 4.42 Å². The lowest BCUT2D eigenvalue weighted by molar-refractivity contribution is 0.332. The van der Waals surface area contributed by atoms with Gasteiger partial charge in [-0.3, -0.25) is 0 Å². The van der Waals surface area contributed by atoms with Crippen molar-refractivity contribution in [3.8, 4) is 28.1 Å². The number of benzene rings is 8. The minimum absolute atomic E-state index is 0.0203. The molecule has 4 nitrogen and oxygen atoms in total. The predicted molar refractivity (Wildman–Crippen MR) is 271 cm³/mol. The fraction of sp³-hybridized carbons (Fsp3) is 0.153. The molecule has 0 fully saturated rings. The van der Waals surface area contributed by atoms with Crippen LogP contribution in [-0.4, -0.2) is 11.8 Å². The summed E-state index contributed by atoms with van der Waals surface area (Å²) in [7, 11) is 2.44. The maximum atomic E-state index is 6.75. The first-order valence-electron chi connectivity index (χ1n) is 22.6. The number of furan rings is 1. The molecule has 1 radical (unpaired) electrons. The van der Waals surface area contributed by atoms with Gasteiger partial charge in [0, 0.05) is 61.8 Å². The first-order chi connectivity index (χ1) is 31.1. The molecule has 5 heteroatoms. The fourth-order valence-corrected chi connectivity index (χ4v) is 10.6. The van der Waals surface area contributed by atoms with Gasteiger partial charge in [-0.05, 0) is 119 Å². The van der Waals surface area contributed by atoms with Crippen molar-refractivity contribution in [3.63, 3.8) is 0 Å². The van der Waals surface area contributed by atoms with Crippen molar-refractivity contribution in [2.45, 2.75) is 58.3 Å². The minimum atomic E-state index is 0.0203. The monoisotopic (exact) mass is 826 g/mol. The van der Waals surface area contributed by atoms with Crippen molar-refractivity contribution in [1.29, 1.82) is 0 Å². The zero-order valence-corrected chi connectivity index (χ0v) is 37.0. The average molecular weight is 827 g/mol. The van der Waals surface area contributed by atoms with Crippen molar-refractivity contribution in [2.24, 2.45) is 0 Å². The van der Waals surface area contributed by atoms with Crippen molar-refractivity contribution in [1.82, 2.24) is 4.57 Å². The summed E-state index contributed by atoms with van der Waals surface area (Å²) in [5.74, 6) is 0.872. The van der Waals surface area contributed by atoms with E-state index in [4.69, 9.17) is 4.42 Å². The number of hydrogen-bond acceptors (Lipinski definition) is 3. The van der Waals surface area contributed by atoms with Crippen LogP contribution < -0.4 is 21.1 Å². The van der Waals surface area contributed by atoms with Gasteiger partial charge in [-0.1, -0.05) is 142 Å². The number of aryl methyl sites for hydroxylation is 1. The third kappa shape index (κ3) is 6.13. The normalized spacial score (nSPS) is 14.6. The summed E-state index contributed by atoms with van der Waals surface area (Å²) in [6, 6.07) is 64.1. The molecule has 2 aliphatic rings. The zero-order valence-electron chi connectivity index (χ0n) is 37.0. The van der Waals surface area contributed by atoms with Crippen LogP contribution in [0.25, 0.3) is 60.9 Å². The standard InChI is InChI=1S/C59H49BN3O/c1-37-25-27-40(28-26-37)61-49-24-16-15-23-43(49)44-34-52(62(41-19-11-7-12-20-41)42-21-13-8-14-22-42)55-45-33-46-47(59(4,5)30-29-58(46,2)3)35-50(45)63-51-36-54-39(31-48(51)60-56(44)57(55)63)32-53(64-54)38-17-9-6-10-18-38/h6-28,31-36,61H,29-30H2,1-5H3. The van der Waals surface area contributed by atoms with Crippen LogP contribution in [0.4, 0.5) is 28.4 Å². The van der Waals surface area contributed by atoms with E-state index in [0.717, 1.165) is 85.8 Å². The molecule has 10 aromatic rings. The molecule has 0 saturated heterocycles. The van der Waals surface area contributed by atoms with E-state index in [2.05, 4.69) is 233 Å². The number of aromatic nitrogens is 1. The van der Waals surface area contributed by atoms with Crippen LogP contribution in [-0.2, 0) is 10.8 Å². The number of hydrogen-bond donors (Lipinski definition) is 1. The first kappa shape index (κ1) is 38.4. The summed E-state index contributed by atoms with van der Waals surface area (Å²) in [6.07, 6.45) is 2.28. The van der Waals surface area contributed by atoms with Crippen LogP contribution in [0.2, 0.25) is 0 Å². The highest BCUT2D eigenvalue weighted by Gasteiger charge is 2.39. The van der Waals surface area contributed by atoms with Gasteiger partial charge < -0.3 is 19.2 Å². The van der Waals surface area contributed by atoms with Gasteiger partial charge in [-0.25, -0.2) is 0 Å². The number of anilines is 5. The molecule has 1 aliphatic heterocycles. The lowest BCUT2D eigenvalue weighted by Gasteiger charge is -2.42. The molecule has 0 atom stereocenters. The highest BCUT2D eigenvalue weighted by atomic mass is 16.3. The quantitative estimate of drug-likeness (QED) is 0.163. The SMILES string of the molecule is Cc1ccc(Nc2ccccc2-c2cc(N(c3ccccc3)c3ccccc3)c3c4cc5c(cc4n4c3c2[B]c2cc3cc(-c6ccccc6)oc3cc2-4)C(C)(C)CCC5(C)C)cc1. The third-order valence-electron chi connectivity index (χ3n) is 14.1. The lowest BCUT2D eigenvalue weighted by atomic mass is 9.58. The van der Waals surface area contributed by atoms with Crippen LogP contribution in [0.15, 0.2) is 180 Å². The van der Waals surface area contributed by atoms with Gasteiger partial charge in [-0.2, -0.15) is 0 Å². The topological polar surface area (TPSA) is 33.3 Å². The Bertz CT molecular complexity index is 3400. The summed E-state index contributed by atoms with van der Waals surface area (Å²) in [5.41, 5.74) is 19.8. The molecule has 2 aromatic heterocycles. The Morgan fingerprint density at radius 3 is 1.94 bits per heavy atom. The van der Waals surface area contributed by atoms with Gasteiger partial charge in [0.25, 0.3) is 0 Å². The molecule has 1 N–H and O–H groups in total. The smallest absolute Gasteiger partial charge is 0.197 e. The maximum absolute atomic E-state index is 6.75.